The van der Waals surface area contributed by atoms with Crippen molar-refractivity contribution in [3.63, 3.8) is 0 Å². The van der Waals surface area contributed by atoms with Crippen LogP contribution in [0.4, 0.5) is 0 Å². The number of aromatic amines is 1. The number of rotatable bonds is 2. The minimum atomic E-state index is -0.400. The number of hydrogen-bond donors (Lipinski definition) is 1. The SMILES string of the molecule is c1ccc2c(-c3ccc(C4OCCCO4)o3)n[nH]c2c1. The van der Waals surface area contributed by atoms with Crippen molar-refractivity contribution in [1.82, 2.24) is 10.2 Å². The van der Waals surface area contributed by atoms with Crippen molar-refractivity contribution < 1.29 is 13.9 Å². The van der Waals surface area contributed by atoms with Crippen LogP contribution in [0.15, 0.2) is 40.8 Å². The van der Waals surface area contributed by atoms with Gasteiger partial charge in [0.05, 0.1) is 18.7 Å². The number of H-pyrrole nitrogens is 1. The molecule has 0 atom stereocenters. The third-order valence-electron chi connectivity index (χ3n) is 3.39. The van der Waals surface area contributed by atoms with Gasteiger partial charge in [-0.05, 0) is 24.6 Å². The molecule has 0 bridgehead atoms. The van der Waals surface area contributed by atoms with Gasteiger partial charge in [0.1, 0.15) is 5.69 Å². The van der Waals surface area contributed by atoms with Gasteiger partial charge < -0.3 is 13.9 Å². The maximum Gasteiger partial charge on any atom is 0.217 e. The Hall–Kier alpha value is -2.11. The molecule has 0 spiro atoms. The van der Waals surface area contributed by atoms with E-state index < -0.39 is 6.29 Å². The number of ether oxygens (including phenoxy) is 2. The number of benzene rings is 1. The topological polar surface area (TPSA) is 60.3 Å². The molecule has 4 rings (SSSR count). The number of nitrogens with zero attached hydrogens (tertiary/aromatic N) is 1. The molecule has 20 heavy (non-hydrogen) atoms. The van der Waals surface area contributed by atoms with Crippen molar-refractivity contribution in [2.75, 3.05) is 13.2 Å². The maximum atomic E-state index is 5.84. The molecule has 1 saturated heterocycles. The summed E-state index contributed by atoms with van der Waals surface area (Å²) in [7, 11) is 0. The number of hydrogen-bond acceptors (Lipinski definition) is 4. The Morgan fingerprint density at radius 1 is 1.05 bits per heavy atom. The molecule has 0 aliphatic carbocycles. The minimum Gasteiger partial charge on any atom is -0.454 e. The lowest BCUT2D eigenvalue weighted by Crippen LogP contribution is -2.17. The molecule has 0 unspecified atom stereocenters. The molecule has 0 amide bonds. The van der Waals surface area contributed by atoms with Crippen LogP contribution in [0.25, 0.3) is 22.4 Å². The van der Waals surface area contributed by atoms with Crippen LogP contribution in [0.3, 0.4) is 0 Å². The van der Waals surface area contributed by atoms with E-state index in [4.69, 9.17) is 13.9 Å². The summed E-state index contributed by atoms with van der Waals surface area (Å²) in [5.74, 6) is 1.40. The lowest BCUT2D eigenvalue weighted by molar-refractivity contribution is -0.191. The summed E-state index contributed by atoms with van der Waals surface area (Å²) >= 11 is 0. The monoisotopic (exact) mass is 270 g/mol. The van der Waals surface area contributed by atoms with E-state index in [-0.39, 0.29) is 0 Å². The number of fused-ring (bicyclic) bond motifs is 1. The van der Waals surface area contributed by atoms with Gasteiger partial charge in [-0.2, -0.15) is 5.10 Å². The van der Waals surface area contributed by atoms with Gasteiger partial charge >= 0.3 is 0 Å². The van der Waals surface area contributed by atoms with E-state index in [2.05, 4.69) is 10.2 Å². The Morgan fingerprint density at radius 2 is 1.90 bits per heavy atom. The minimum absolute atomic E-state index is 0.400. The van der Waals surface area contributed by atoms with Crippen molar-refractivity contribution in [3.05, 3.63) is 42.2 Å². The van der Waals surface area contributed by atoms with Crippen molar-refractivity contribution in [3.8, 4) is 11.5 Å². The van der Waals surface area contributed by atoms with Gasteiger partial charge in [-0.15, -0.1) is 0 Å². The van der Waals surface area contributed by atoms with Crippen molar-refractivity contribution >= 4 is 10.9 Å². The van der Waals surface area contributed by atoms with E-state index in [1.165, 1.54) is 0 Å². The number of nitrogens with one attached hydrogen (secondary N) is 1. The third kappa shape index (κ3) is 1.92. The summed E-state index contributed by atoms with van der Waals surface area (Å²) in [5, 5.41) is 8.37. The fourth-order valence-corrected chi connectivity index (χ4v) is 2.41. The van der Waals surface area contributed by atoms with Gasteiger partial charge in [-0.25, -0.2) is 0 Å². The number of para-hydroxylation sites is 1. The van der Waals surface area contributed by atoms with Crippen LogP contribution in [0.2, 0.25) is 0 Å². The first-order chi connectivity index (χ1) is 9.92. The second-order valence-electron chi connectivity index (χ2n) is 4.75. The lowest BCUT2D eigenvalue weighted by atomic mass is 10.2. The first kappa shape index (κ1) is 11.7. The summed E-state index contributed by atoms with van der Waals surface area (Å²) in [6.45, 7) is 1.40. The van der Waals surface area contributed by atoms with Crippen LogP contribution in [0, 0.1) is 0 Å². The smallest absolute Gasteiger partial charge is 0.217 e. The molecule has 5 nitrogen and oxygen atoms in total. The Morgan fingerprint density at radius 3 is 2.80 bits per heavy atom. The average Bonchev–Trinajstić information content (AvgIpc) is 3.14. The Labute approximate surface area is 115 Å². The summed E-state index contributed by atoms with van der Waals surface area (Å²) in [5.41, 5.74) is 1.80. The van der Waals surface area contributed by atoms with E-state index >= 15 is 0 Å². The highest BCUT2D eigenvalue weighted by molar-refractivity contribution is 5.91. The summed E-state index contributed by atoms with van der Waals surface area (Å²) < 4.78 is 16.9. The van der Waals surface area contributed by atoms with E-state index in [1.54, 1.807) is 0 Å². The summed E-state index contributed by atoms with van der Waals surface area (Å²) in [6.07, 6.45) is 0.524. The number of aromatic nitrogens is 2. The van der Waals surface area contributed by atoms with Crippen LogP contribution >= 0.6 is 0 Å². The third-order valence-corrected chi connectivity index (χ3v) is 3.39. The molecule has 1 aromatic carbocycles. The molecular weight excluding hydrogens is 256 g/mol. The van der Waals surface area contributed by atoms with Gasteiger partial charge in [0, 0.05) is 5.39 Å². The molecule has 1 aliphatic heterocycles. The van der Waals surface area contributed by atoms with E-state index in [0.717, 1.165) is 28.8 Å². The first-order valence-electron chi connectivity index (χ1n) is 6.68. The van der Waals surface area contributed by atoms with Crippen LogP contribution in [-0.2, 0) is 9.47 Å². The van der Waals surface area contributed by atoms with Crippen molar-refractivity contribution in [2.45, 2.75) is 12.7 Å². The second-order valence-corrected chi connectivity index (χ2v) is 4.75. The summed E-state index contributed by atoms with van der Waals surface area (Å²) in [6, 6.07) is 11.8. The molecule has 3 aromatic rings. The highest BCUT2D eigenvalue weighted by atomic mass is 16.7. The molecule has 2 aromatic heterocycles. The van der Waals surface area contributed by atoms with Gasteiger partial charge in [0.2, 0.25) is 6.29 Å². The fraction of sp³-hybridized carbons (Fsp3) is 0.267. The van der Waals surface area contributed by atoms with Crippen LogP contribution in [0.1, 0.15) is 18.5 Å². The van der Waals surface area contributed by atoms with Crippen molar-refractivity contribution in [1.29, 1.82) is 0 Å². The van der Waals surface area contributed by atoms with Gasteiger partial charge in [-0.1, -0.05) is 18.2 Å². The molecule has 3 heterocycles. The van der Waals surface area contributed by atoms with Crippen LogP contribution in [0.5, 0.6) is 0 Å². The van der Waals surface area contributed by atoms with E-state index in [9.17, 15) is 0 Å². The van der Waals surface area contributed by atoms with E-state index in [0.29, 0.717) is 19.0 Å². The zero-order valence-corrected chi connectivity index (χ0v) is 10.8. The lowest BCUT2D eigenvalue weighted by Gasteiger charge is -2.21. The highest BCUT2D eigenvalue weighted by Crippen LogP contribution is 2.31. The molecule has 5 heteroatoms. The quantitative estimate of drug-likeness (QED) is 0.776. The van der Waals surface area contributed by atoms with E-state index in [1.807, 2.05) is 36.4 Å². The molecule has 1 fully saturated rings. The van der Waals surface area contributed by atoms with Crippen LogP contribution in [-0.4, -0.2) is 23.4 Å². The molecule has 1 N–H and O–H groups in total. The zero-order chi connectivity index (χ0) is 13.4. The fourth-order valence-electron chi connectivity index (χ4n) is 2.41. The predicted octanol–water partition coefficient (Wildman–Crippen LogP) is 3.26. The van der Waals surface area contributed by atoms with Gasteiger partial charge in [0.25, 0.3) is 0 Å². The Kier molecular flexibility index (Phi) is 2.79. The molecule has 0 saturated carbocycles. The van der Waals surface area contributed by atoms with Crippen LogP contribution < -0.4 is 0 Å². The molecule has 0 radical (unpaired) electrons. The van der Waals surface area contributed by atoms with Gasteiger partial charge in [-0.3, -0.25) is 5.10 Å². The standard InChI is InChI=1S/C15H14N2O3/c1-2-5-11-10(4-1)14(17-16-11)12-6-7-13(20-12)15-18-8-3-9-19-15/h1-2,4-7,15H,3,8-9H2,(H,16,17). The molecule has 102 valence electrons. The maximum absolute atomic E-state index is 5.84. The Bertz CT molecular complexity index is 725. The van der Waals surface area contributed by atoms with Gasteiger partial charge in [0.15, 0.2) is 11.5 Å². The first-order valence-corrected chi connectivity index (χ1v) is 6.68. The Balaban J connectivity index is 1.70. The van der Waals surface area contributed by atoms with Crippen molar-refractivity contribution in [2.24, 2.45) is 0 Å². The predicted molar refractivity (Wildman–Crippen MR) is 73.1 cm³/mol. The summed E-state index contributed by atoms with van der Waals surface area (Å²) in [4.78, 5) is 0. The normalized spacial score (nSPS) is 16.8. The number of furan rings is 1. The molecule has 1 aliphatic rings. The molecular formula is C15H14N2O3. The zero-order valence-electron chi connectivity index (χ0n) is 10.8. The second kappa shape index (κ2) is 4.77. The average molecular weight is 270 g/mol. The largest absolute Gasteiger partial charge is 0.454 e. The highest BCUT2D eigenvalue weighted by Gasteiger charge is 2.21.